The summed E-state index contributed by atoms with van der Waals surface area (Å²) in [6.07, 6.45) is 5.18. The normalized spacial score (nSPS) is 15.4. The van der Waals surface area contributed by atoms with Gasteiger partial charge in [-0.2, -0.15) is 0 Å². The molecule has 0 aliphatic carbocycles. The van der Waals surface area contributed by atoms with E-state index in [-0.39, 0.29) is 47.6 Å². The summed E-state index contributed by atoms with van der Waals surface area (Å²) in [4.78, 5) is 61.1. The van der Waals surface area contributed by atoms with E-state index in [1.807, 2.05) is 56.7 Å². The Labute approximate surface area is 312 Å². The molecular formula is C43H39N7O4. The lowest BCUT2D eigenvalue weighted by Gasteiger charge is -2.31. The number of nitrogens with zero attached hydrogens (tertiary/aromatic N) is 5. The number of carbonyl (C=O) groups is 3. The lowest BCUT2D eigenvalue weighted by molar-refractivity contribution is -0.134. The minimum Gasteiger partial charge on any atom is -0.359 e. The summed E-state index contributed by atoms with van der Waals surface area (Å²) in [6.45, 7) is 5.13. The first-order valence-corrected chi connectivity index (χ1v) is 18.1. The van der Waals surface area contributed by atoms with Crippen LogP contribution in [0.4, 0.5) is 5.69 Å². The van der Waals surface area contributed by atoms with E-state index < -0.39 is 0 Å². The second kappa shape index (κ2) is 13.8. The molecule has 1 saturated heterocycles. The van der Waals surface area contributed by atoms with Crippen LogP contribution in [0.5, 0.6) is 0 Å². The predicted molar refractivity (Wildman–Crippen MR) is 209 cm³/mol. The van der Waals surface area contributed by atoms with Crippen LogP contribution in [0.15, 0.2) is 83.9 Å². The molecule has 0 spiro atoms. The van der Waals surface area contributed by atoms with Crippen molar-refractivity contribution in [2.75, 3.05) is 18.0 Å². The maximum absolute atomic E-state index is 12.9. The van der Waals surface area contributed by atoms with Gasteiger partial charge in [-0.05, 0) is 88.9 Å². The molecule has 0 radical (unpaired) electrons. The lowest BCUT2D eigenvalue weighted by atomic mass is 9.93. The van der Waals surface area contributed by atoms with E-state index in [2.05, 4.69) is 70.5 Å². The van der Waals surface area contributed by atoms with Crippen molar-refractivity contribution in [3.05, 3.63) is 112 Å². The van der Waals surface area contributed by atoms with Gasteiger partial charge in [0.25, 0.3) is 5.91 Å². The van der Waals surface area contributed by atoms with Crippen molar-refractivity contribution in [1.29, 1.82) is 0 Å². The van der Waals surface area contributed by atoms with Crippen LogP contribution in [-0.2, 0) is 30.1 Å². The van der Waals surface area contributed by atoms with E-state index >= 15 is 0 Å². The summed E-state index contributed by atoms with van der Waals surface area (Å²) in [5.41, 5.74) is 9.66. The first-order chi connectivity index (χ1) is 26.1. The quantitative estimate of drug-likeness (QED) is 0.178. The van der Waals surface area contributed by atoms with Gasteiger partial charge >= 0.3 is 5.69 Å². The van der Waals surface area contributed by atoms with Crippen LogP contribution in [0.3, 0.4) is 0 Å². The van der Waals surface area contributed by atoms with Crippen LogP contribution < -0.4 is 21.2 Å². The van der Waals surface area contributed by atoms with E-state index in [4.69, 9.17) is 4.98 Å². The number of imide groups is 1. The highest BCUT2D eigenvalue weighted by Gasteiger charge is 2.35. The fraction of sp³-hybridized carbons (Fsp3) is 0.256. The van der Waals surface area contributed by atoms with Crippen LogP contribution in [0.1, 0.15) is 59.8 Å². The zero-order chi connectivity index (χ0) is 37.7. The fourth-order valence-electron chi connectivity index (χ4n) is 7.69. The van der Waals surface area contributed by atoms with Crippen molar-refractivity contribution in [2.45, 2.75) is 45.1 Å². The molecule has 6 aromatic rings. The molecule has 0 saturated carbocycles. The number of amides is 3. The number of fused-ring (bicyclic) bond motifs is 3. The highest BCUT2D eigenvalue weighted by atomic mass is 16.2. The molecular weight excluding hydrogens is 679 g/mol. The number of rotatable bonds is 6. The number of hydrogen-bond acceptors (Lipinski definition) is 7. The minimum absolute atomic E-state index is 0.0486. The number of nitrogens with one attached hydrogen (secondary N) is 2. The van der Waals surface area contributed by atoms with Gasteiger partial charge in [0.15, 0.2) is 0 Å². The van der Waals surface area contributed by atoms with E-state index in [9.17, 15) is 19.2 Å². The number of imidazole rings is 1. The Morgan fingerprint density at radius 2 is 1.80 bits per heavy atom. The van der Waals surface area contributed by atoms with Crippen molar-refractivity contribution in [1.82, 2.24) is 29.7 Å². The first-order valence-electron chi connectivity index (χ1n) is 18.1. The number of piperidine rings is 1. The van der Waals surface area contributed by atoms with Crippen molar-refractivity contribution in [3.8, 4) is 34.2 Å². The monoisotopic (exact) mass is 717 g/mol. The molecule has 270 valence electrons. The van der Waals surface area contributed by atoms with E-state index in [1.54, 1.807) is 21.4 Å². The highest BCUT2D eigenvalue weighted by Crippen LogP contribution is 2.36. The molecule has 0 bridgehead atoms. The van der Waals surface area contributed by atoms with E-state index in [0.717, 1.165) is 73.0 Å². The predicted octanol–water partition coefficient (Wildman–Crippen LogP) is 5.23. The molecule has 2 N–H and O–H groups in total. The van der Waals surface area contributed by atoms with Crippen LogP contribution in [0.25, 0.3) is 44.2 Å². The molecule has 3 amide bonds. The van der Waals surface area contributed by atoms with Crippen molar-refractivity contribution >= 4 is 45.2 Å². The Morgan fingerprint density at radius 3 is 2.57 bits per heavy atom. The highest BCUT2D eigenvalue weighted by molar-refractivity contribution is 6.02. The number of hydrogen-bond donors (Lipinski definition) is 2. The largest absolute Gasteiger partial charge is 0.359 e. The Balaban J connectivity index is 0.955. The Bertz CT molecular complexity index is 2640. The van der Waals surface area contributed by atoms with Gasteiger partial charge in [-0.3, -0.25) is 38.8 Å². The molecule has 3 aromatic carbocycles. The zero-order valence-electron chi connectivity index (χ0n) is 30.6. The maximum Gasteiger partial charge on any atom is 0.328 e. The van der Waals surface area contributed by atoms with E-state index in [1.165, 1.54) is 0 Å². The Kier molecular flexibility index (Phi) is 8.82. The lowest BCUT2D eigenvalue weighted by Crippen LogP contribution is -2.52. The summed E-state index contributed by atoms with van der Waals surface area (Å²) in [5.74, 6) is 5.54. The Hall–Kier alpha value is -6.54. The summed E-state index contributed by atoms with van der Waals surface area (Å²) in [7, 11) is 3.63. The number of carbonyl (C=O) groups excluding carboxylic acids is 3. The average Bonchev–Trinajstić information content (AvgIpc) is 3.69. The summed E-state index contributed by atoms with van der Waals surface area (Å²) >= 11 is 0. The van der Waals surface area contributed by atoms with Crippen molar-refractivity contribution in [3.63, 3.8) is 0 Å². The maximum atomic E-state index is 12.9. The van der Waals surface area contributed by atoms with Gasteiger partial charge in [-0.15, -0.1) is 0 Å². The number of anilines is 1. The van der Waals surface area contributed by atoms with Crippen molar-refractivity contribution in [2.24, 2.45) is 14.1 Å². The smallest absolute Gasteiger partial charge is 0.328 e. The van der Waals surface area contributed by atoms with Gasteiger partial charge in [0, 0.05) is 61.7 Å². The van der Waals surface area contributed by atoms with Crippen LogP contribution in [-0.4, -0.2) is 56.0 Å². The molecule has 1 fully saturated rings. The molecule has 11 nitrogen and oxygen atoms in total. The molecule has 5 heterocycles. The summed E-state index contributed by atoms with van der Waals surface area (Å²) < 4.78 is 3.42. The summed E-state index contributed by atoms with van der Waals surface area (Å²) in [5, 5.41) is 7.28. The fourth-order valence-corrected chi connectivity index (χ4v) is 7.69. The van der Waals surface area contributed by atoms with Crippen LogP contribution >= 0.6 is 0 Å². The molecule has 3 aromatic heterocycles. The van der Waals surface area contributed by atoms with Crippen LogP contribution in [0.2, 0.25) is 0 Å². The van der Waals surface area contributed by atoms with Gasteiger partial charge < -0.3 is 10.2 Å². The minimum atomic E-state index is -0.367. The molecule has 11 heteroatoms. The van der Waals surface area contributed by atoms with Gasteiger partial charge in [-0.25, -0.2) is 4.79 Å². The Morgan fingerprint density at radius 1 is 0.944 bits per heavy atom. The first kappa shape index (κ1) is 34.5. The van der Waals surface area contributed by atoms with Crippen molar-refractivity contribution < 1.29 is 14.4 Å². The standard InChI is InChI=1S/C43H39N7O4/c1-25(2)32-20-30(22-38-40(32)49(4)43(54)48(38)3)31-9-5-8-28-21-35(46-24-33(28)31)29-12-13-34(45-23-29)41(52)44-17-6-7-26-10-11-27-16-18-50(37(27)19-26)36-14-15-39(51)47-42(36)53/h5,8-13,19-25,36H,14-18H2,1-4H3,(H,44,52)(H,47,51,53). The summed E-state index contributed by atoms with van der Waals surface area (Å²) in [6, 6.07) is 21.5. The third-order valence-electron chi connectivity index (χ3n) is 10.6. The van der Waals surface area contributed by atoms with Gasteiger partial charge in [0.2, 0.25) is 11.8 Å². The van der Waals surface area contributed by atoms with E-state index in [0.29, 0.717) is 19.4 Å². The molecule has 1 atom stereocenters. The van der Waals surface area contributed by atoms with Gasteiger partial charge in [0.1, 0.15) is 11.7 Å². The number of aryl methyl sites for hydroxylation is 2. The number of benzene rings is 3. The van der Waals surface area contributed by atoms with Gasteiger partial charge in [0.05, 0.1) is 23.3 Å². The second-order valence-corrected chi connectivity index (χ2v) is 14.3. The van der Waals surface area contributed by atoms with Crippen LogP contribution in [0, 0.1) is 11.8 Å². The zero-order valence-corrected chi connectivity index (χ0v) is 30.6. The third-order valence-corrected chi connectivity index (χ3v) is 10.6. The average molecular weight is 718 g/mol. The molecule has 2 aliphatic heterocycles. The second-order valence-electron chi connectivity index (χ2n) is 14.3. The molecule has 54 heavy (non-hydrogen) atoms. The SMILES string of the molecule is CC(C)c1cc(-c2cccc3cc(-c4ccc(C(=O)NCC#Cc5ccc6c(c5)N(C5CCC(=O)NC5=O)CC6)nc4)ncc23)cc2c1n(C)c(=O)n2C. The third kappa shape index (κ3) is 6.19. The number of aromatic nitrogens is 4. The molecule has 2 aliphatic rings. The molecule has 1 unspecified atom stereocenters. The number of pyridine rings is 2. The molecule has 8 rings (SSSR count). The topological polar surface area (TPSA) is 131 Å². The van der Waals surface area contributed by atoms with Gasteiger partial charge in [-0.1, -0.05) is 50.0 Å².